The van der Waals surface area contributed by atoms with Crippen LogP contribution in [0.2, 0.25) is 5.02 Å². The molecule has 0 aromatic heterocycles. The Morgan fingerprint density at radius 2 is 1.93 bits per heavy atom. The van der Waals surface area contributed by atoms with Gasteiger partial charge in [-0.25, -0.2) is 0 Å². The lowest BCUT2D eigenvalue weighted by molar-refractivity contribution is 0.310. The first kappa shape index (κ1) is 11.9. The zero-order chi connectivity index (χ0) is 11.3. The van der Waals surface area contributed by atoms with Crippen LogP contribution in [0.3, 0.4) is 0 Å². The van der Waals surface area contributed by atoms with E-state index in [9.17, 15) is 0 Å². The van der Waals surface area contributed by atoms with E-state index in [1.807, 2.05) is 0 Å². The highest BCUT2D eigenvalue weighted by atomic mass is 35.5. The highest BCUT2D eigenvalue weighted by molar-refractivity contribution is 6.32. The van der Waals surface area contributed by atoms with Crippen molar-refractivity contribution in [3.63, 3.8) is 0 Å². The number of hydrogen-bond acceptors (Lipinski definition) is 4. The average Bonchev–Trinajstić information content (AvgIpc) is 2.26. The molecule has 0 heterocycles. The van der Waals surface area contributed by atoms with Crippen molar-refractivity contribution in [3.8, 4) is 11.5 Å². The monoisotopic (exact) mass is 231 g/mol. The Bertz CT molecular complexity index is 331. The third-order valence-electron chi connectivity index (χ3n) is 1.90. The number of methoxy groups -OCH3 is 2. The van der Waals surface area contributed by atoms with Gasteiger partial charge in [-0.1, -0.05) is 11.6 Å². The molecule has 0 aliphatic heterocycles. The molecule has 0 unspecified atom stereocenters. The fraction of sp³-hybridized carbons (Fsp3) is 0.400. The molecule has 0 saturated carbocycles. The van der Waals surface area contributed by atoms with E-state index in [0.29, 0.717) is 23.1 Å². The molecule has 0 radical (unpaired) electrons. The standard InChI is InChI=1S/C10H14ClNO3/c1-14-9-6-8(12-3-4-13)10(15-2)5-7(9)11/h5-6,12-13H,3-4H2,1-2H3. The van der Waals surface area contributed by atoms with Crippen LogP contribution in [0.5, 0.6) is 11.5 Å². The van der Waals surface area contributed by atoms with Gasteiger partial charge in [-0.2, -0.15) is 0 Å². The predicted octanol–water partition coefficient (Wildman–Crippen LogP) is 1.76. The van der Waals surface area contributed by atoms with Crippen LogP contribution in [-0.4, -0.2) is 32.5 Å². The lowest BCUT2D eigenvalue weighted by Gasteiger charge is -2.13. The smallest absolute Gasteiger partial charge is 0.143 e. The molecule has 0 saturated heterocycles. The van der Waals surface area contributed by atoms with Crippen LogP contribution in [0.4, 0.5) is 5.69 Å². The molecule has 15 heavy (non-hydrogen) atoms. The second-order valence-electron chi connectivity index (χ2n) is 2.84. The lowest BCUT2D eigenvalue weighted by Crippen LogP contribution is -2.06. The van der Waals surface area contributed by atoms with Crippen molar-refractivity contribution in [2.45, 2.75) is 0 Å². The highest BCUT2D eigenvalue weighted by Crippen LogP contribution is 2.35. The van der Waals surface area contributed by atoms with E-state index in [1.165, 1.54) is 0 Å². The summed E-state index contributed by atoms with van der Waals surface area (Å²) in [5, 5.41) is 12.2. The van der Waals surface area contributed by atoms with Crippen molar-refractivity contribution in [1.29, 1.82) is 0 Å². The zero-order valence-electron chi connectivity index (χ0n) is 8.71. The van der Waals surface area contributed by atoms with E-state index < -0.39 is 0 Å². The van der Waals surface area contributed by atoms with Gasteiger partial charge in [-0.15, -0.1) is 0 Å². The summed E-state index contributed by atoms with van der Waals surface area (Å²) in [5.41, 5.74) is 0.743. The maximum Gasteiger partial charge on any atom is 0.143 e. The second-order valence-corrected chi connectivity index (χ2v) is 3.24. The van der Waals surface area contributed by atoms with Gasteiger partial charge in [-0.3, -0.25) is 0 Å². The Balaban J connectivity index is 2.99. The zero-order valence-corrected chi connectivity index (χ0v) is 9.47. The van der Waals surface area contributed by atoms with Crippen molar-refractivity contribution in [2.75, 3.05) is 32.7 Å². The SMILES string of the molecule is COc1cc(NCCO)c(OC)cc1Cl. The number of rotatable bonds is 5. The summed E-state index contributed by atoms with van der Waals surface area (Å²) in [5.74, 6) is 1.19. The quantitative estimate of drug-likeness (QED) is 0.811. The Hall–Kier alpha value is -1.13. The largest absolute Gasteiger partial charge is 0.495 e. The Morgan fingerprint density at radius 3 is 2.47 bits per heavy atom. The molecule has 4 nitrogen and oxygen atoms in total. The van der Waals surface area contributed by atoms with Gasteiger partial charge in [0.25, 0.3) is 0 Å². The molecule has 0 amide bonds. The van der Waals surface area contributed by atoms with Crippen LogP contribution in [0.15, 0.2) is 12.1 Å². The van der Waals surface area contributed by atoms with Crippen LogP contribution >= 0.6 is 11.6 Å². The number of ether oxygens (including phenoxy) is 2. The number of nitrogens with one attached hydrogen (secondary N) is 1. The van der Waals surface area contributed by atoms with Crippen molar-refractivity contribution >= 4 is 17.3 Å². The molecule has 0 spiro atoms. The van der Waals surface area contributed by atoms with E-state index in [0.717, 1.165) is 5.69 Å². The Labute approximate surface area is 93.8 Å². The third kappa shape index (κ3) is 2.91. The summed E-state index contributed by atoms with van der Waals surface area (Å²) >= 11 is 5.93. The first-order valence-electron chi connectivity index (χ1n) is 4.49. The highest BCUT2D eigenvalue weighted by Gasteiger charge is 2.08. The summed E-state index contributed by atoms with van der Waals surface area (Å²) in [7, 11) is 3.10. The van der Waals surface area contributed by atoms with E-state index >= 15 is 0 Å². The molecule has 0 aliphatic carbocycles. The number of benzene rings is 1. The number of anilines is 1. The third-order valence-corrected chi connectivity index (χ3v) is 2.20. The van der Waals surface area contributed by atoms with E-state index in [4.69, 9.17) is 26.2 Å². The topological polar surface area (TPSA) is 50.7 Å². The summed E-state index contributed by atoms with van der Waals surface area (Å²) in [6, 6.07) is 3.40. The fourth-order valence-electron chi connectivity index (χ4n) is 1.19. The normalized spacial score (nSPS) is 9.87. The molecule has 1 rings (SSSR count). The first-order valence-corrected chi connectivity index (χ1v) is 4.87. The lowest BCUT2D eigenvalue weighted by atomic mass is 10.2. The van der Waals surface area contributed by atoms with E-state index in [1.54, 1.807) is 26.4 Å². The maximum absolute atomic E-state index is 8.71. The Kier molecular flexibility index (Phi) is 4.52. The summed E-state index contributed by atoms with van der Waals surface area (Å²) in [6.07, 6.45) is 0. The van der Waals surface area contributed by atoms with Crippen molar-refractivity contribution < 1.29 is 14.6 Å². The van der Waals surface area contributed by atoms with E-state index in [-0.39, 0.29) is 6.61 Å². The first-order chi connectivity index (χ1) is 7.22. The fourth-order valence-corrected chi connectivity index (χ4v) is 1.42. The van der Waals surface area contributed by atoms with Crippen molar-refractivity contribution in [1.82, 2.24) is 0 Å². The minimum atomic E-state index is 0.0497. The molecule has 0 bridgehead atoms. The maximum atomic E-state index is 8.71. The molecule has 0 atom stereocenters. The predicted molar refractivity (Wildman–Crippen MR) is 60.1 cm³/mol. The molecule has 1 aromatic carbocycles. The molecular weight excluding hydrogens is 218 g/mol. The average molecular weight is 232 g/mol. The van der Waals surface area contributed by atoms with Crippen LogP contribution in [0.1, 0.15) is 0 Å². The minimum absolute atomic E-state index is 0.0497. The Morgan fingerprint density at radius 1 is 1.27 bits per heavy atom. The van der Waals surface area contributed by atoms with Gasteiger partial charge in [0.2, 0.25) is 0 Å². The van der Waals surface area contributed by atoms with Crippen LogP contribution < -0.4 is 14.8 Å². The van der Waals surface area contributed by atoms with Gasteiger partial charge in [0.15, 0.2) is 0 Å². The minimum Gasteiger partial charge on any atom is -0.495 e. The summed E-state index contributed by atoms with van der Waals surface area (Å²) in [4.78, 5) is 0. The van der Waals surface area contributed by atoms with Gasteiger partial charge in [0, 0.05) is 18.7 Å². The molecule has 1 aromatic rings. The second kappa shape index (κ2) is 5.68. The van der Waals surface area contributed by atoms with Crippen LogP contribution in [0.25, 0.3) is 0 Å². The molecule has 5 heteroatoms. The van der Waals surface area contributed by atoms with Gasteiger partial charge in [0.1, 0.15) is 11.5 Å². The van der Waals surface area contributed by atoms with Crippen molar-refractivity contribution in [3.05, 3.63) is 17.2 Å². The van der Waals surface area contributed by atoms with Gasteiger partial charge in [-0.05, 0) is 0 Å². The number of hydrogen-bond donors (Lipinski definition) is 2. The van der Waals surface area contributed by atoms with Crippen molar-refractivity contribution in [2.24, 2.45) is 0 Å². The van der Waals surface area contributed by atoms with Crippen LogP contribution in [-0.2, 0) is 0 Å². The van der Waals surface area contributed by atoms with E-state index in [2.05, 4.69) is 5.32 Å². The summed E-state index contributed by atoms with van der Waals surface area (Å²) in [6.45, 7) is 0.495. The summed E-state index contributed by atoms with van der Waals surface area (Å²) < 4.78 is 10.2. The molecule has 2 N–H and O–H groups in total. The number of aliphatic hydroxyl groups excluding tert-OH is 1. The molecule has 0 fully saturated rings. The van der Waals surface area contributed by atoms with Gasteiger partial charge < -0.3 is 19.9 Å². The molecule has 0 aliphatic rings. The number of aliphatic hydroxyl groups is 1. The van der Waals surface area contributed by atoms with Gasteiger partial charge in [0.05, 0.1) is 31.5 Å². The molecular formula is C10H14ClNO3. The molecule has 84 valence electrons. The van der Waals surface area contributed by atoms with Crippen LogP contribution in [0, 0.1) is 0 Å². The van der Waals surface area contributed by atoms with Gasteiger partial charge >= 0.3 is 0 Å². The number of halogens is 1.